The maximum absolute atomic E-state index is 13.8. The first kappa shape index (κ1) is 31.0. The van der Waals surface area contributed by atoms with Crippen molar-refractivity contribution in [2.24, 2.45) is 0 Å². The van der Waals surface area contributed by atoms with E-state index in [1.165, 1.54) is 34.2 Å². The van der Waals surface area contributed by atoms with Gasteiger partial charge in [0, 0.05) is 12.6 Å². The van der Waals surface area contributed by atoms with Gasteiger partial charge in [-0.15, -0.1) is 0 Å². The molecule has 12 heteroatoms. The molecule has 0 saturated carbocycles. The second-order valence-electron chi connectivity index (χ2n) is 9.50. The monoisotopic (exact) mass is 584 g/mol. The fourth-order valence-corrected chi connectivity index (χ4v) is 4.74. The first-order valence-corrected chi connectivity index (χ1v) is 12.8. The van der Waals surface area contributed by atoms with E-state index in [-0.39, 0.29) is 17.5 Å². The number of rotatable bonds is 7. The van der Waals surface area contributed by atoms with E-state index in [2.05, 4.69) is 9.72 Å². The molecule has 214 valence electrons. The molecule has 1 heterocycles. The number of anilines is 1. The van der Waals surface area contributed by atoms with E-state index < -0.39 is 46.3 Å². The molecule has 0 aliphatic rings. The van der Waals surface area contributed by atoms with Crippen LogP contribution in [0.3, 0.4) is 0 Å². The van der Waals surface area contributed by atoms with Crippen molar-refractivity contribution < 1.29 is 40.7 Å². The minimum absolute atomic E-state index is 0.0189. The van der Waals surface area contributed by atoms with Crippen LogP contribution in [0.5, 0.6) is 0 Å². The second kappa shape index (κ2) is 11.5. The SMILES string of the molecule is COC(=O)CSc1cc(-c2ccccc2C)c(N(C)C(=O)C(C)(C)c2cc(C(F)(F)F)cc(C(F)(F)F)c2)cn1. The number of hydrogen-bond acceptors (Lipinski definition) is 5. The lowest BCUT2D eigenvalue weighted by Crippen LogP contribution is -2.42. The largest absolute Gasteiger partial charge is 0.468 e. The number of carbonyl (C=O) groups excluding carboxylic acids is 2. The van der Waals surface area contributed by atoms with Crippen LogP contribution < -0.4 is 4.90 Å². The zero-order valence-electron chi connectivity index (χ0n) is 22.2. The predicted molar refractivity (Wildman–Crippen MR) is 140 cm³/mol. The third kappa shape index (κ3) is 6.78. The molecular weight excluding hydrogens is 558 g/mol. The number of hydrogen-bond donors (Lipinski definition) is 0. The summed E-state index contributed by atoms with van der Waals surface area (Å²) in [5, 5.41) is 0.445. The van der Waals surface area contributed by atoms with Crippen LogP contribution in [0.4, 0.5) is 32.0 Å². The summed E-state index contributed by atoms with van der Waals surface area (Å²) >= 11 is 1.10. The number of pyridine rings is 1. The Hall–Kier alpha value is -3.54. The highest BCUT2D eigenvalue weighted by molar-refractivity contribution is 7.99. The van der Waals surface area contributed by atoms with E-state index in [1.54, 1.807) is 18.2 Å². The highest BCUT2D eigenvalue weighted by atomic mass is 32.2. The Balaban J connectivity index is 2.12. The van der Waals surface area contributed by atoms with Crippen LogP contribution in [0.15, 0.2) is 59.8 Å². The van der Waals surface area contributed by atoms with Crippen LogP contribution in [-0.2, 0) is 32.1 Å². The zero-order valence-corrected chi connectivity index (χ0v) is 23.0. The molecule has 0 N–H and O–H groups in total. The second-order valence-corrected chi connectivity index (χ2v) is 10.5. The molecule has 0 aliphatic heterocycles. The molecule has 1 amide bonds. The lowest BCUT2D eigenvalue weighted by molar-refractivity contribution is -0.143. The average Bonchev–Trinajstić information content (AvgIpc) is 2.89. The number of amides is 1. The van der Waals surface area contributed by atoms with Gasteiger partial charge in [-0.25, -0.2) is 4.98 Å². The third-order valence-electron chi connectivity index (χ3n) is 6.37. The fraction of sp³-hybridized carbons (Fsp3) is 0.321. The van der Waals surface area contributed by atoms with Crippen molar-refractivity contribution in [3.63, 3.8) is 0 Å². The Morgan fingerprint density at radius 2 is 1.45 bits per heavy atom. The van der Waals surface area contributed by atoms with Crippen LogP contribution in [0.25, 0.3) is 11.1 Å². The van der Waals surface area contributed by atoms with Gasteiger partial charge in [0.2, 0.25) is 5.91 Å². The third-order valence-corrected chi connectivity index (χ3v) is 7.27. The molecule has 3 rings (SSSR count). The van der Waals surface area contributed by atoms with Gasteiger partial charge in [0.15, 0.2) is 0 Å². The van der Waals surface area contributed by atoms with Gasteiger partial charge in [0.1, 0.15) is 0 Å². The number of carbonyl (C=O) groups is 2. The lowest BCUT2D eigenvalue weighted by atomic mass is 9.81. The van der Waals surface area contributed by atoms with E-state index in [0.29, 0.717) is 22.7 Å². The van der Waals surface area contributed by atoms with Crippen molar-refractivity contribution >= 4 is 29.3 Å². The summed E-state index contributed by atoms with van der Waals surface area (Å²) in [6.45, 7) is 4.37. The number of aromatic nitrogens is 1. The Morgan fingerprint density at radius 1 is 0.900 bits per heavy atom. The molecule has 0 aliphatic carbocycles. The molecule has 0 unspecified atom stereocenters. The van der Waals surface area contributed by atoms with Crippen LogP contribution in [0.1, 0.15) is 36.1 Å². The van der Waals surface area contributed by atoms with Gasteiger partial charge in [-0.1, -0.05) is 36.0 Å². The number of ether oxygens (including phenoxy) is 1. The number of nitrogens with zero attached hydrogens (tertiary/aromatic N) is 2. The molecule has 0 bridgehead atoms. The molecular formula is C28H26F6N2O3S. The number of alkyl halides is 6. The number of esters is 1. The Morgan fingerprint density at radius 3 is 1.98 bits per heavy atom. The lowest BCUT2D eigenvalue weighted by Gasteiger charge is -2.32. The van der Waals surface area contributed by atoms with Gasteiger partial charge >= 0.3 is 18.3 Å². The maximum Gasteiger partial charge on any atom is 0.416 e. The van der Waals surface area contributed by atoms with Gasteiger partial charge in [0.25, 0.3) is 0 Å². The number of aryl methyl sites for hydroxylation is 1. The quantitative estimate of drug-likeness (QED) is 0.166. The Labute approximate surface area is 231 Å². The predicted octanol–water partition coefficient (Wildman–Crippen LogP) is 7.30. The first-order chi connectivity index (χ1) is 18.5. The van der Waals surface area contributed by atoms with Crippen molar-refractivity contribution in [3.8, 4) is 11.1 Å². The Bertz CT molecular complexity index is 1390. The number of likely N-dealkylation sites (N-methyl/N-ethyl adjacent to an activating group) is 1. The molecule has 0 fully saturated rings. The fourth-order valence-electron chi connectivity index (χ4n) is 4.03. The molecule has 0 saturated heterocycles. The minimum atomic E-state index is -5.05. The molecule has 0 radical (unpaired) electrons. The summed E-state index contributed by atoms with van der Waals surface area (Å²) in [5.74, 6) is -1.25. The van der Waals surface area contributed by atoms with E-state index in [4.69, 9.17) is 0 Å². The molecule has 1 aromatic heterocycles. The van der Waals surface area contributed by atoms with E-state index >= 15 is 0 Å². The van der Waals surface area contributed by atoms with Gasteiger partial charge in [-0.2, -0.15) is 26.3 Å². The summed E-state index contributed by atoms with van der Waals surface area (Å²) in [6.07, 6.45) is -8.73. The van der Waals surface area contributed by atoms with Crippen molar-refractivity contribution in [3.05, 3.63) is 77.0 Å². The minimum Gasteiger partial charge on any atom is -0.468 e. The van der Waals surface area contributed by atoms with Crippen LogP contribution in [-0.4, -0.2) is 36.8 Å². The van der Waals surface area contributed by atoms with Crippen LogP contribution in [0.2, 0.25) is 0 Å². The number of methoxy groups -OCH3 is 1. The summed E-state index contributed by atoms with van der Waals surface area (Å²) in [7, 11) is 2.63. The molecule has 5 nitrogen and oxygen atoms in total. The van der Waals surface area contributed by atoms with Crippen LogP contribution >= 0.6 is 11.8 Å². The maximum atomic E-state index is 13.8. The topological polar surface area (TPSA) is 59.5 Å². The molecule has 0 atom stereocenters. The smallest absolute Gasteiger partial charge is 0.416 e. The standard InChI is InChI=1S/C28H26F6N2O3S/c1-16-8-6-7-9-20(16)21-13-23(40-15-24(37)39-5)35-14-22(21)36(4)25(38)26(2,3)17-10-18(27(29,30)31)12-19(11-17)28(32,33)34/h6-14H,15H2,1-5H3. The zero-order chi connectivity index (χ0) is 30.0. The molecule has 3 aromatic rings. The van der Waals surface area contributed by atoms with Crippen molar-refractivity contribution in [2.75, 3.05) is 24.8 Å². The number of benzene rings is 2. The van der Waals surface area contributed by atoms with Gasteiger partial charge in [-0.3, -0.25) is 9.59 Å². The molecule has 2 aromatic carbocycles. The number of halogens is 6. The first-order valence-electron chi connectivity index (χ1n) is 11.8. The van der Waals surface area contributed by atoms with Crippen molar-refractivity contribution in [1.29, 1.82) is 0 Å². The summed E-state index contributed by atoms with van der Waals surface area (Å²) < 4.78 is 85.6. The summed E-state index contributed by atoms with van der Waals surface area (Å²) in [4.78, 5) is 30.9. The van der Waals surface area contributed by atoms with Crippen molar-refractivity contribution in [2.45, 2.75) is 43.6 Å². The van der Waals surface area contributed by atoms with Gasteiger partial charge < -0.3 is 9.64 Å². The highest BCUT2D eigenvalue weighted by Crippen LogP contribution is 2.41. The Kier molecular flexibility index (Phi) is 8.93. The van der Waals surface area contributed by atoms with E-state index in [0.717, 1.165) is 27.8 Å². The summed E-state index contributed by atoms with van der Waals surface area (Å²) in [6, 6.07) is 10.1. The number of thioether (sulfide) groups is 1. The van der Waals surface area contributed by atoms with Crippen LogP contribution in [0, 0.1) is 6.92 Å². The molecule has 0 spiro atoms. The molecule has 40 heavy (non-hydrogen) atoms. The van der Waals surface area contributed by atoms with E-state index in [1.807, 2.05) is 19.1 Å². The van der Waals surface area contributed by atoms with Gasteiger partial charge in [-0.05, 0) is 61.7 Å². The normalized spacial score (nSPS) is 12.3. The van der Waals surface area contributed by atoms with Crippen molar-refractivity contribution in [1.82, 2.24) is 4.98 Å². The van der Waals surface area contributed by atoms with E-state index in [9.17, 15) is 35.9 Å². The average molecular weight is 585 g/mol. The summed E-state index contributed by atoms with van der Waals surface area (Å²) in [5.41, 5.74) is -2.88. The highest BCUT2D eigenvalue weighted by Gasteiger charge is 2.41. The van der Waals surface area contributed by atoms with Gasteiger partial charge in [0.05, 0.1) is 46.3 Å².